The minimum absolute atomic E-state index is 0.190. The van der Waals surface area contributed by atoms with E-state index in [1.807, 2.05) is 35.8 Å². The van der Waals surface area contributed by atoms with Gasteiger partial charge < -0.3 is 15.0 Å². The van der Waals surface area contributed by atoms with Crippen LogP contribution in [0, 0.1) is 0 Å². The van der Waals surface area contributed by atoms with Crippen LogP contribution in [0.5, 0.6) is 0 Å². The molecular weight excluding hydrogens is 360 g/mol. The molecule has 0 saturated heterocycles. The highest BCUT2D eigenvalue weighted by atomic mass is 32.1. The molecule has 3 aromatic rings. The molecule has 0 saturated carbocycles. The first-order valence-corrected chi connectivity index (χ1v) is 10.1. The van der Waals surface area contributed by atoms with Crippen LogP contribution in [0.2, 0.25) is 0 Å². The summed E-state index contributed by atoms with van der Waals surface area (Å²) in [5.41, 5.74) is 3.85. The Hall–Kier alpha value is -2.60. The Kier molecular flexibility index (Phi) is 4.99. The van der Waals surface area contributed by atoms with Gasteiger partial charge in [-0.05, 0) is 42.9 Å². The van der Waals surface area contributed by atoms with E-state index >= 15 is 0 Å². The van der Waals surface area contributed by atoms with Crippen LogP contribution in [0.15, 0.2) is 35.8 Å². The average Bonchev–Trinajstić information content (AvgIpc) is 3.31. The summed E-state index contributed by atoms with van der Waals surface area (Å²) in [5, 5.41) is 5.87. The summed E-state index contributed by atoms with van der Waals surface area (Å²) in [5.74, 6) is -0.623. The lowest BCUT2D eigenvalue weighted by atomic mass is 9.95. The number of hydrogen-bond donors (Lipinski definition) is 2. The van der Waals surface area contributed by atoms with E-state index in [4.69, 9.17) is 4.74 Å². The van der Waals surface area contributed by atoms with Crippen LogP contribution in [-0.2, 0) is 28.8 Å². The smallest absolute Gasteiger partial charge is 0.328 e. The summed E-state index contributed by atoms with van der Waals surface area (Å²) < 4.78 is 4.94. The second-order valence-corrected chi connectivity index (χ2v) is 7.84. The highest BCUT2D eigenvalue weighted by Crippen LogP contribution is 2.30. The van der Waals surface area contributed by atoms with Crippen LogP contribution in [0.3, 0.4) is 0 Å². The molecule has 0 bridgehead atoms. The standard InChI is InChI=1S/C21H22N2O3S/c1-26-21(25)18(10-13-11-22-17-8-4-2-6-14(13)17)23-20(24)16-12-27-19-9-5-3-7-15(16)19/h2,4,6,8,11-12,18,22H,3,5,7,9-10H2,1H3,(H,23,24)/t18-/m1/s1. The fraction of sp³-hybridized carbons (Fsp3) is 0.333. The summed E-state index contributed by atoms with van der Waals surface area (Å²) in [7, 11) is 1.35. The number of para-hydroxylation sites is 1. The number of hydrogen-bond acceptors (Lipinski definition) is 4. The number of aryl methyl sites for hydroxylation is 1. The molecule has 27 heavy (non-hydrogen) atoms. The van der Waals surface area contributed by atoms with Gasteiger partial charge in [0.05, 0.1) is 12.7 Å². The summed E-state index contributed by atoms with van der Waals surface area (Å²) in [4.78, 5) is 29.7. The first-order chi connectivity index (χ1) is 13.2. The Balaban J connectivity index is 1.56. The number of H-pyrrole nitrogens is 1. The predicted molar refractivity (Wildman–Crippen MR) is 106 cm³/mol. The van der Waals surface area contributed by atoms with Crippen molar-refractivity contribution < 1.29 is 14.3 Å². The molecular formula is C21H22N2O3S. The fourth-order valence-corrected chi connectivity index (χ4v) is 4.90. The predicted octanol–water partition coefficient (Wildman–Crippen LogP) is 3.62. The third-order valence-electron chi connectivity index (χ3n) is 5.20. The van der Waals surface area contributed by atoms with Crippen molar-refractivity contribution in [3.05, 3.63) is 57.4 Å². The topological polar surface area (TPSA) is 71.2 Å². The summed E-state index contributed by atoms with van der Waals surface area (Å²) >= 11 is 1.65. The van der Waals surface area contributed by atoms with E-state index in [0.717, 1.165) is 41.3 Å². The van der Waals surface area contributed by atoms with Crippen LogP contribution in [0.1, 0.15) is 39.2 Å². The molecule has 1 amide bonds. The molecule has 1 aliphatic rings. The Morgan fingerprint density at radius 3 is 2.93 bits per heavy atom. The monoisotopic (exact) mass is 382 g/mol. The van der Waals surface area contributed by atoms with Gasteiger partial charge in [-0.3, -0.25) is 4.79 Å². The maximum absolute atomic E-state index is 12.9. The zero-order valence-electron chi connectivity index (χ0n) is 15.2. The van der Waals surface area contributed by atoms with Crippen molar-refractivity contribution in [3.8, 4) is 0 Å². The van der Waals surface area contributed by atoms with Crippen LogP contribution in [0.25, 0.3) is 10.9 Å². The van der Waals surface area contributed by atoms with Gasteiger partial charge in [-0.25, -0.2) is 4.79 Å². The van der Waals surface area contributed by atoms with E-state index in [1.165, 1.54) is 18.4 Å². The Labute approximate surface area is 161 Å². The lowest BCUT2D eigenvalue weighted by molar-refractivity contribution is -0.142. The largest absolute Gasteiger partial charge is 0.467 e. The van der Waals surface area contributed by atoms with Gasteiger partial charge in [0.2, 0.25) is 0 Å². The number of ether oxygens (including phenoxy) is 1. The maximum atomic E-state index is 12.9. The maximum Gasteiger partial charge on any atom is 0.328 e. The second-order valence-electron chi connectivity index (χ2n) is 6.87. The number of aromatic amines is 1. The second kappa shape index (κ2) is 7.56. The number of nitrogens with one attached hydrogen (secondary N) is 2. The molecule has 1 atom stereocenters. The van der Waals surface area contributed by atoms with Gasteiger partial charge in [-0.1, -0.05) is 18.2 Å². The van der Waals surface area contributed by atoms with Crippen molar-refractivity contribution in [1.82, 2.24) is 10.3 Å². The molecule has 6 heteroatoms. The normalized spacial score (nSPS) is 14.6. The number of rotatable bonds is 5. The minimum Gasteiger partial charge on any atom is -0.467 e. The minimum atomic E-state index is -0.721. The number of carbonyl (C=O) groups is 2. The molecule has 0 fully saturated rings. The third kappa shape index (κ3) is 3.49. The van der Waals surface area contributed by atoms with Gasteiger partial charge >= 0.3 is 5.97 Å². The number of aromatic nitrogens is 1. The van der Waals surface area contributed by atoms with E-state index in [-0.39, 0.29) is 5.91 Å². The van der Waals surface area contributed by atoms with Gasteiger partial charge in [0.15, 0.2) is 0 Å². The van der Waals surface area contributed by atoms with Crippen LogP contribution in [0.4, 0.5) is 0 Å². The third-order valence-corrected chi connectivity index (χ3v) is 6.28. The zero-order chi connectivity index (χ0) is 18.8. The fourth-order valence-electron chi connectivity index (χ4n) is 3.78. The molecule has 0 radical (unpaired) electrons. The molecule has 0 aliphatic heterocycles. The number of benzene rings is 1. The highest BCUT2D eigenvalue weighted by Gasteiger charge is 2.26. The molecule has 2 aromatic heterocycles. The van der Waals surface area contributed by atoms with Crippen LogP contribution < -0.4 is 5.32 Å². The van der Waals surface area contributed by atoms with Crippen molar-refractivity contribution in [2.45, 2.75) is 38.1 Å². The van der Waals surface area contributed by atoms with Crippen molar-refractivity contribution >= 4 is 34.1 Å². The SMILES string of the molecule is COC(=O)[C@@H](Cc1c[nH]c2ccccc12)NC(=O)c1csc2c1CCCC2. The number of thiophene rings is 1. The molecule has 2 N–H and O–H groups in total. The molecule has 0 unspecified atom stereocenters. The first kappa shape index (κ1) is 17.8. The van der Waals surface area contributed by atoms with E-state index in [0.29, 0.717) is 12.0 Å². The molecule has 140 valence electrons. The molecule has 4 rings (SSSR count). The van der Waals surface area contributed by atoms with E-state index in [9.17, 15) is 9.59 Å². The van der Waals surface area contributed by atoms with E-state index in [2.05, 4.69) is 10.3 Å². The molecule has 2 heterocycles. The number of methoxy groups -OCH3 is 1. The molecule has 0 spiro atoms. The zero-order valence-corrected chi connectivity index (χ0v) is 16.0. The Morgan fingerprint density at radius 2 is 2.07 bits per heavy atom. The van der Waals surface area contributed by atoms with Gasteiger partial charge in [0, 0.05) is 33.8 Å². The van der Waals surface area contributed by atoms with Crippen molar-refractivity contribution in [1.29, 1.82) is 0 Å². The summed E-state index contributed by atoms with van der Waals surface area (Å²) in [6.07, 6.45) is 6.55. The van der Waals surface area contributed by atoms with Crippen LogP contribution >= 0.6 is 11.3 Å². The van der Waals surface area contributed by atoms with Crippen molar-refractivity contribution in [3.63, 3.8) is 0 Å². The van der Waals surface area contributed by atoms with Gasteiger partial charge in [0.1, 0.15) is 6.04 Å². The average molecular weight is 382 g/mol. The molecule has 1 aliphatic carbocycles. The number of amides is 1. The first-order valence-electron chi connectivity index (χ1n) is 9.20. The lowest BCUT2D eigenvalue weighted by Gasteiger charge is -2.17. The van der Waals surface area contributed by atoms with Crippen molar-refractivity contribution in [2.75, 3.05) is 7.11 Å². The Bertz CT molecular complexity index is 988. The van der Waals surface area contributed by atoms with Gasteiger partial charge in [0.25, 0.3) is 5.91 Å². The van der Waals surface area contributed by atoms with Gasteiger partial charge in [-0.15, -0.1) is 11.3 Å². The number of fused-ring (bicyclic) bond motifs is 2. The van der Waals surface area contributed by atoms with Crippen molar-refractivity contribution in [2.24, 2.45) is 0 Å². The Morgan fingerprint density at radius 1 is 1.26 bits per heavy atom. The van der Waals surface area contributed by atoms with Crippen LogP contribution in [-0.4, -0.2) is 30.0 Å². The lowest BCUT2D eigenvalue weighted by Crippen LogP contribution is -2.43. The van der Waals surface area contributed by atoms with E-state index < -0.39 is 12.0 Å². The quantitative estimate of drug-likeness (QED) is 0.662. The summed E-state index contributed by atoms with van der Waals surface area (Å²) in [6, 6.07) is 7.19. The summed E-state index contributed by atoms with van der Waals surface area (Å²) in [6.45, 7) is 0. The van der Waals surface area contributed by atoms with Gasteiger partial charge in [-0.2, -0.15) is 0 Å². The molecule has 1 aromatic carbocycles. The number of esters is 1. The highest BCUT2D eigenvalue weighted by molar-refractivity contribution is 7.10. The number of carbonyl (C=O) groups excluding carboxylic acids is 2. The molecule has 5 nitrogen and oxygen atoms in total. The van der Waals surface area contributed by atoms with E-state index in [1.54, 1.807) is 11.3 Å².